The van der Waals surface area contributed by atoms with Gasteiger partial charge in [-0.2, -0.15) is 0 Å². The van der Waals surface area contributed by atoms with E-state index >= 15 is 0 Å². The highest BCUT2D eigenvalue weighted by Crippen LogP contribution is 2.51. The van der Waals surface area contributed by atoms with Crippen molar-refractivity contribution in [3.63, 3.8) is 0 Å². The van der Waals surface area contributed by atoms with Gasteiger partial charge in [-0.15, -0.1) is 0 Å². The largest absolute Gasteiger partial charge is 0.237 e. The lowest BCUT2D eigenvalue weighted by Crippen LogP contribution is -2.14. The van der Waals surface area contributed by atoms with Crippen molar-refractivity contribution in [2.75, 3.05) is 0 Å². The average molecular weight is 575 g/mol. The van der Waals surface area contributed by atoms with Crippen molar-refractivity contribution in [1.82, 2.24) is 9.97 Å². The van der Waals surface area contributed by atoms with Crippen molar-refractivity contribution in [2.45, 2.75) is 19.3 Å². The van der Waals surface area contributed by atoms with Crippen LogP contribution in [0.5, 0.6) is 0 Å². The summed E-state index contributed by atoms with van der Waals surface area (Å²) in [6.07, 6.45) is 3.67. The van der Waals surface area contributed by atoms with Gasteiger partial charge in [-0.1, -0.05) is 123 Å². The van der Waals surface area contributed by atoms with E-state index in [1.807, 2.05) is 18.5 Å². The van der Waals surface area contributed by atoms with Gasteiger partial charge in [0.1, 0.15) is 0 Å². The molecule has 2 heteroatoms. The SMILES string of the molecule is CC1(C)c2ccccc2-c2cc(-c3c4ccccc4c(-c4ncccn4)c4ccc(-c5ccc6ccccc6c5)cc34)ccc21. The fraction of sp³-hybridized carbons (Fsp3) is 0.0698. The normalized spacial score (nSPS) is 13.3. The van der Waals surface area contributed by atoms with Crippen LogP contribution < -0.4 is 0 Å². The first-order valence-electron chi connectivity index (χ1n) is 15.6. The topological polar surface area (TPSA) is 25.8 Å². The van der Waals surface area contributed by atoms with Crippen LogP contribution in [0.2, 0.25) is 0 Å². The fourth-order valence-electron chi connectivity index (χ4n) is 7.58. The van der Waals surface area contributed by atoms with Crippen LogP contribution in [0.15, 0.2) is 146 Å². The number of fused-ring (bicyclic) bond motifs is 6. The molecule has 1 aromatic heterocycles. The van der Waals surface area contributed by atoms with Crippen molar-refractivity contribution < 1.29 is 0 Å². The molecule has 2 nitrogen and oxygen atoms in total. The zero-order chi connectivity index (χ0) is 30.1. The molecule has 45 heavy (non-hydrogen) atoms. The Morgan fingerprint density at radius 2 is 1.04 bits per heavy atom. The van der Waals surface area contributed by atoms with Gasteiger partial charge in [0.2, 0.25) is 0 Å². The molecule has 0 aliphatic heterocycles. The molecule has 0 saturated heterocycles. The van der Waals surface area contributed by atoms with Crippen LogP contribution in [-0.4, -0.2) is 9.97 Å². The van der Waals surface area contributed by atoms with Crippen molar-refractivity contribution in [3.8, 4) is 44.8 Å². The molecule has 0 unspecified atom stereocenters. The molecule has 7 aromatic carbocycles. The minimum Gasteiger partial charge on any atom is -0.237 e. The number of hydrogen-bond acceptors (Lipinski definition) is 2. The minimum absolute atomic E-state index is 0.0354. The Bertz CT molecular complexity index is 2450. The number of aromatic nitrogens is 2. The predicted molar refractivity (Wildman–Crippen MR) is 188 cm³/mol. The van der Waals surface area contributed by atoms with Gasteiger partial charge in [0, 0.05) is 23.4 Å². The molecule has 9 rings (SSSR count). The van der Waals surface area contributed by atoms with Crippen LogP contribution in [0, 0.1) is 0 Å². The highest BCUT2D eigenvalue weighted by molar-refractivity contribution is 6.21. The summed E-state index contributed by atoms with van der Waals surface area (Å²) in [4.78, 5) is 9.49. The van der Waals surface area contributed by atoms with E-state index in [1.54, 1.807) is 0 Å². The lowest BCUT2D eigenvalue weighted by molar-refractivity contribution is 0.660. The number of hydrogen-bond donors (Lipinski definition) is 0. The predicted octanol–water partition coefficient (Wildman–Crippen LogP) is 11.2. The zero-order valence-electron chi connectivity index (χ0n) is 25.3. The Labute approximate surface area is 262 Å². The molecular weight excluding hydrogens is 544 g/mol. The Morgan fingerprint density at radius 1 is 0.422 bits per heavy atom. The Kier molecular flexibility index (Phi) is 5.58. The highest BCUT2D eigenvalue weighted by Gasteiger charge is 2.35. The maximum absolute atomic E-state index is 4.74. The van der Waals surface area contributed by atoms with Crippen LogP contribution in [0.3, 0.4) is 0 Å². The molecule has 0 atom stereocenters. The molecule has 0 bridgehead atoms. The summed E-state index contributed by atoms with van der Waals surface area (Å²) in [5, 5.41) is 7.21. The van der Waals surface area contributed by atoms with Gasteiger partial charge >= 0.3 is 0 Å². The third kappa shape index (κ3) is 3.89. The summed E-state index contributed by atoms with van der Waals surface area (Å²) in [5.41, 5.74) is 11.3. The second-order valence-corrected chi connectivity index (χ2v) is 12.6. The van der Waals surface area contributed by atoms with E-state index in [0.717, 1.165) is 22.2 Å². The molecule has 1 aliphatic carbocycles. The van der Waals surface area contributed by atoms with Crippen LogP contribution in [0.4, 0.5) is 0 Å². The van der Waals surface area contributed by atoms with Gasteiger partial charge in [0.05, 0.1) is 0 Å². The van der Waals surface area contributed by atoms with E-state index in [0.29, 0.717) is 0 Å². The van der Waals surface area contributed by atoms with Gasteiger partial charge in [0.15, 0.2) is 5.82 Å². The summed E-state index contributed by atoms with van der Waals surface area (Å²) in [6, 6.07) is 48.8. The van der Waals surface area contributed by atoms with E-state index in [9.17, 15) is 0 Å². The molecule has 0 N–H and O–H groups in total. The number of benzene rings is 7. The monoisotopic (exact) mass is 574 g/mol. The van der Waals surface area contributed by atoms with E-state index in [1.165, 1.54) is 66.1 Å². The van der Waals surface area contributed by atoms with Crippen molar-refractivity contribution in [3.05, 3.63) is 157 Å². The fourth-order valence-corrected chi connectivity index (χ4v) is 7.58. The number of rotatable bonds is 3. The molecule has 1 heterocycles. The quantitative estimate of drug-likeness (QED) is 0.196. The second-order valence-electron chi connectivity index (χ2n) is 12.6. The molecule has 1 aliphatic rings. The second kappa shape index (κ2) is 9.70. The molecule has 0 amide bonds. The first-order valence-corrected chi connectivity index (χ1v) is 15.6. The molecule has 212 valence electrons. The minimum atomic E-state index is -0.0354. The molecule has 0 radical (unpaired) electrons. The average Bonchev–Trinajstić information content (AvgIpc) is 3.32. The molecule has 0 fully saturated rings. The maximum Gasteiger partial charge on any atom is 0.160 e. The Balaban J connectivity index is 1.38. The first kappa shape index (κ1) is 25.9. The zero-order valence-corrected chi connectivity index (χ0v) is 25.3. The summed E-state index contributed by atoms with van der Waals surface area (Å²) in [7, 11) is 0. The maximum atomic E-state index is 4.74. The van der Waals surface area contributed by atoms with Crippen LogP contribution >= 0.6 is 0 Å². The van der Waals surface area contributed by atoms with E-state index < -0.39 is 0 Å². The summed E-state index contributed by atoms with van der Waals surface area (Å²) >= 11 is 0. The summed E-state index contributed by atoms with van der Waals surface area (Å²) in [5.74, 6) is 0.744. The van der Waals surface area contributed by atoms with Gasteiger partial charge in [0.25, 0.3) is 0 Å². The molecule has 0 spiro atoms. The van der Waals surface area contributed by atoms with Gasteiger partial charge < -0.3 is 0 Å². The molecular formula is C43H30N2. The van der Waals surface area contributed by atoms with Crippen molar-refractivity contribution >= 4 is 32.3 Å². The third-order valence-corrected chi connectivity index (χ3v) is 9.77. The van der Waals surface area contributed by atoms with Crippen molar-refractivity contribution in [2.24, 2.45) is 0 Å². The van der Waals surface area contributed by atoms with Gasteiger partial charge in [-0.05, 0) is 101 Å². The van der Waals surface area contributed by atoms with E-state index in [2.05, 4.69) is 141 Å². The third-order valence-electron chi connectivity index (χ3n) is 9.77. The molecule has 8 aromatic rings. The lowest BCUT2D eigenvalue weighted by atomic mass is 9.81. The highest BCUT2D eigenvalue weighted by atomic mass is 14.9. The standard InChI is InChI=1S/C43H30N2/c1-43(2)38-15-8-7-12-32(38)36-26-31(19-21-39(36)43)40-33-13-5-6-14-34(33)41(42-44-22-9-23-45-42)35-20-18-30(25-37(35)40)29-17-16-27-10-3-4-11-28(27)24-29/h3-26H,1-2H3. The summed E-state index contributed by atoms with van der Waals surface area (Å²) < 4.78 is 0. The van der Waals surface area contributed by atoms with Crippen molar-refractivity contribution in [1.29, 1.82) is 0 Å². The van der Waals surface area contributed by atoms with Crippen LogP contribution in [0.1, 0.15) is 25.0 Å². The lowest BCUT2D eigenvalue weighted by Gasteiger charge is -2.22. The molecule has 0 saturated carbocycles. The summed E-state index contributed by atoms with van der Waals surface area (Å²) in [6.45, 7) is 4.68. The van der Waals surface area contributed by atoms with Gasteiger partial charge in [-0.25, -0.2) is 9.97 Å². The van der Waals surface area contributed by atoms with Crippen LogP contribution in [0.25, 0.3) is 77.1 Å². The van der Waals surface area contributed by atoms with E-state index in [-0.39, 0.29) is 5.41 Å². The first-order chi connectivity index (χ1) is 22.1. The Morgan fingerprint density at radius 3 is 1.89 bits per heavy atom. The van der Waals surface area contributed by atoms with Gasteiger partial charge in [-0.3, -0.25) is 0 Å². The Hall–Kier alpha value is -5.60. The number of nitrogens with zero attached hydrogens (tertiary/aromatic N) is 2. The smallest absolute Gasteiger partial charge is 0.160 e. The van der Waals surface area contributed by atoms with Crippen LogP contribution in [-0.2, 0) is 5.41 Å². The van der Waals surface area contributed by atoms with E-state index in [4.69, 9.17) is 9.97 Å².